The van der Waals surface area contributed by atoms with Gasteiger partial charge in [-0.2, -0.15) is 0 Å². The van der Waals surface area contributed by atoms with Gasteiger partial charge in [-0.3, -0.25) is 4.79 Å². The van der Waals surface area contributed by atoms with Crippen molar-refractivity contribution in [2.24, 2.45) is 5.73 Å². The zero-order valence-electron chi connectivity index (χ0n) is 11.0. The summed E-state index contributed by atoms with van der Waals surface area (Å²) >= 11 is 1.40. The van der Waals surface area contributed by atoms with Crippen molar-refractivity contribution < 1.29 is 9.21 Å². The Morgan fingerprint density at radius 1 is 1.47 bits per heavy atom. The molecule has 2 rings (SSSR count). The van der Waals surface area contributed by atoms with E-state index < -0.39 is 0 Å². The quantitative estimate of drug-likeness (QED) is 0.874. The Bertz CT molecular complexity index is 574. The molecular weight excluding hydrogens is 262 g/mol. The highest BCUT2D eigenvalue weighted by atomic mass is 32.1. The zero-order valence-corrected chi connectivity index (χ0v) is 11.8. The van der Waals surface area contributed by atoms with Gasteiger partial charge in [0.05, 0.1) is 17.2 Å². The predicted molar refractivity (Wildman–Crippen MR) is 74.2 cm³/mol. The Morgan fingerprint density at radius 2 is 2.26 bits per heavy atom. The van der Waals surface area contributed by atoms with Gasteiger partial charge in [0, 0.05) is 6.42 Å². The fourth-order valence-electron chi connectivity index (χ4n) is 1.72. The van der Waals surface area contributed by atoms with E-state index in [1.807, 2.05) is 26.0 Å². The number of aryl methyl sites for hydroxylation is 2. The summed E-state index contributed by atoms with van der Waals surface area (Å²) in [5, 5.41) is 3.73. The van der Waals surface area contributed by atoms with Crippen LogP contribution in [0, 0.1) is 13.8 Å². The van der Waals surface area contributed by atoms with Crippen LogP contribution in [0.2, 0.25) is 0 Å². The number of nitrogens with one attached hydrogen (secondary N) is 1. The third kappa shape index (κ3) is 3.42. The zero-order chi connectivity index (χ0) is 13.8. The van der Waals surface area contributed by atoms with Crippen LogP contribution in [0.25, 0.3) is 0 Å². The molecule has 2 heterocycles. The van der Waals surface area contributed by atoms with Gasteiger partial charge in [0.1, 0.15) is 16.4 Å². The molecule has 2 aromatic rings. The van der Waals surface area contributed by atoms with E-state index in [2.05, 4.69) is 10.3 Å². The molecule has 1 amide bonds. The molecule has 0 aliphatic carbocycles. The SMILES string of the molecule is Cc1ccc(CNC(=O)c2sc(CCN)nc2C)o1. The van der Waals surface area contributed by atoms with E-state index in [1.165, 1.54) is 11.3 Å². The van der Waals surface area contributed by atoms with Gasteiger partial charge in [-0.25, -0.2) is 4.98 Å². The van der Waals surface area contributed by atoms with Gasteiger partial charge in [0.15, 0.2) is 0 Å². The summed E-state index contributed by atoms with van der Waals surface area (Å²) in [7, 11) is 0. The first-order valence-corrected chi connectivity index (χ1v) is 6.91. The minimum absolute atomic E-state index is 0.118. The van der Waals surface area contributed by atoms with Crippen LogP contribution in [0.3, 0.4) is 0 Å². The van der Waals surface area contributed by atoms with E-state index in [-0.39, 0.29) is 5.91 Å². The first-order chi connectivity index (χ1) is 9.10. The lowest BCUT2D eigenvalue weighted by Crippen LogP contribution is -2.22. The molecule has 0 aliphatic heterocycles. The Labute approximate surface area is 115 Å². The average Bonchev–Trinajstić information content (AvgIpc) is 2.93. The van der Waals surface area contributed by atoms with Crippen molar-refractivity contribution in [1.82, 2.24) is 10.3 Å². The lowest BCUT2D eigenvalue weighted by atomic mass is 10.3. The molecule has 6 heteroatoms. The summed E-state index contributed by atoms with van der Waals surface area (Å²) < 4.78 is 5.40. The van der Waals surface area contributed by atoms with E-state index in [0.29, 0.717) is 24.4 Å². The molecule has 0 saturated carbocycles. The number of thiazole rings is 1. The Balaban J connectivity index is 1.99. The van der Waals surface area contributed by atoms with Crippen LogP contribution in [0.5, 0.6) is 0 Å². The first-order valence-electron chi connectivity index (χ1n) is 6.10. The Hall–Kier alpha value is -1.66. The molecule has 0 aromatic carbocycles. The average molecular weight is 279 g/mol. The van der Waals surface area contributed by atoms with Crippen molar-refractivity contribution in [1.29, 1.82) is 0 Å². The normalized spacial score (nSPS) is 10.7. The summed E-state index contributed by atoms with van der Waals surface area (Å²) in [4.78, 5) is 17.0. The maximum Gasteiger partial charge on any atom is 0.263 e. The Morgan fingerprint density at radius 3 is 2.89 bits per heavy atom. The molecule has 5 nitrogen and oxygen atoms in total. The summed E-state index contributed by atoms with van der Waals surface area (Å²) in [5.74, 6) is 1.46. The van der Waals surface area contributed by atoms with Gasteiger partial charge in [0.2, 0.25) is 0 Å². The van der Waals surface area contributed by atoms with Crippen LogP contribution in [0.1, 0.15) is 31.9 Å². The molecule has 0 spiro atoms. The fraction of sp³-hybridized carbons (Fsp3) is 0.385. The van der Waals surface area contributed by atoms with Crippen molar-refractivity contribution in [3.63, 3.8) is 0 Å². The second-order valence-electron chi connectivity index (χ2n) is 4.26. The summed E-state index contributed by atoms with van der Waals surface area (Å²) in [5.41, 5.74) is 6.24. The van der Waals surface area contributed by atoms with Crippen molar-refractivity contribution in [3.05, 3.63) is 39.2 Å². The van der Waals surface area contributed by atoms with E-state index in [4.69, 9.17) is 10.2 Å². The number of amides is 1. The molecule has 3 N–H and O–H groups in total. The van der Waals surface area contributed by atoms with Crippen LogP contribution < -0.4 is 11.1 Å². The molecule has 0 atom stereocenters. The van der Waals surface area contributed by atoms with Crippen LogP contribution >= 0.6 is 11.3 Å². The molecule has 0 unspecified atom stereocenters. The lowest BCUT2D eigenvalue weighted by Gasteiger charge is -2.01. The molecule has 19 heavy (non-hydrogen) atoms. The number of nitrogens with zero attached hydrogens (tertiary/aromatic N) is 1. The number of rotatable bonds is 5. The standard InChI is InChI=1S/C13H17N3O2S/c1-8-3-4-10(18-8)7-15-13(17)12-9(2)16-11(19-12)5-6-14/h3-4H,5-7,14H2,1-2H3,(H,15,17). The Kier molecular flexibility index (Phi) is 4.34. The van der Waals surface area contributed by atoms with Crippen LogP contribution in [0.4, 0.5) is 0 Å². The van der Waals surface area contributed by atoms with E-state index in [1.54, 1.807) is 0 Å². The fourth-order valence-corrected chi connectivity index (χ4v) is 2.72. The molecule has 0 aliphatic rings. The minimum Gasteiger partial charge on any atom is -0.465 e. The van der Waals surface area contributed by atoms with Gasteiger partial charge < -0.3 is 15.5 Å². The molecule has 0 radical (unpaired) electrons. The van der Waals surface area contributed by atoms with Crippen molar-refractivity contribution in [2.45, 2.75) is 26.8 Å². The van der Waals surface area contributed by atoms with E-state index >= 15 is 0 Å². The van der Waals surface area contributed by atoms with Gasteiger partial charge >= 0.3 is 0 Å². The number of furan rings is 1. The largest absolute Gasteiger partial charge is 0.465 e. The van der Waals surface area contributed by atoms with Gasteiger partial charge in [0.25, 0.3) is 5.91 Å². The molecule has 2 aromatic heterocycles. The number of hydrogen-bond donors (Lipinski definition) is 2. The highest BCUT2D eigenvalue weighted by Gasteiger charge is 2.15. The lowest BCUT2D eigenvalue weighted by molar-refractivity contribution is 0.0951. The molecular formula is C13H17N3O2S. The minimum atomic E-state index is -0.118. The monoisotopic (exact) mass is 279 g/mol. The van der Waals surface area contributed by atoms with E-state index in [0.717, 1.165) is 22.2 Å². The third-order valence-corrected chi connectivity index (χ3v) is 3.84. The number of hydrogen-bond acceptors (Lipinski definition) is 5. The molecule has 0 fully saturated rings. The van der Waals surface area contributed by atoms with Gasteiger partial charge in [-0.05, 0) is 32.5 Å². The summed E-state index contributed by atoms with van der Waals surface area (Å²) in [6.45, 7) is 4.64. The number of carbonyl (C=O) groups excluding carboxylic acids is 1. The van der Waals surface area contributed by atoms with Crippen LogP contribution in [0.15, 0.2) is 16.5 Å². The molecule has 102 valence electrons. The van der Waals surface area contributed by atoms with Crippen molar-refractivity contribution in [3.8, 4) is 0 Å². The highest BCUT2D eigenvalue weighted by molar-refractivity contribution is 7.13. The van der Waals surface area contributed by atoms with Crippen LogP contribution in [-0.4, -0.2) is 17.4 Å². The number of nitrogens with two attached hydrogens (primary N) is 1. The number of aromatic nitrogens is 1. The van der Waals surface area contributed by atoms with Crippen molar-refractivity contribution >= 4 is 17.2 Å². The highest BCUT2D eigenvalue weighted by Crippen LogP contribution is 2.18. The first kappa shape index (κ1) is 13.8. The smallest absolute Gasteiger partial charge is 0.263 e. The summed E-state index contributed by atoms with van der Waals surface area (Å²) in [6, 6.07) is 3.73. The van der Waals surface area contributed by atoms with Gasteiger partial charge in [-0.15, -0.1) is 11.3 Å². The third-order valence-electron chi connectivity index (χ3n) is 2.62. The van der Waals surface area contributed by atoms with E-state index in [9.17, 15) is 4.79 Å². The maximum atomic E-state index is 12.0. The summed E-state index contributed by atoms with van der Waals surface area (Å²) in [6.07, 6.45) is 0.705. The van der Waals surface area contributed by atoms with Gasteiger partial charge in [-0.1, -0.05) is 0 Å². The van der Waals surface area contributed by atoms with Crippen LogP contribution in [-0.2, 0) is 13.0 Å². The predicted octanol–water partition coefficient (Wildman–Crippen LogP) is 1.78. The maximum absolute atomic E-state index is 12.0. The second kappa shape index (κ2) is 5.99. The molecule has 0 saturated heterocycles. The van der Waals surface area contributed by atoms with Crippen molar-refractivity contribution in [2.75, 3.05) is 6.54 Å². The topological polar surface area (TPSA) is 81.2 Å². The molecule has 0 bridgehead atoms. The number of carbonyl (C=O) groups is 1. The second-order valence-corrected chi connectivity index (χ2v) is 5.34.